The lowest BCUT2D eigenvalue weighted by atomic mass is 10.2. The SMILES string of the molecule is C#CCN(CC)c1cc(CO)c(Cl)cn1. The third kappa shape index (κ3) is 2.85. The maximum absolute atomic E-state index is 9.06. The zero-order valence-electron chi connectivity index (χ0n) is 8.57. The summed E-state index contributed by atoms with van der Waals surface area (Å²) < 4.78 is 0. The summed E-state index contributed by atoms with van der Waals surface area (Å²) in [5.41, 5.74) is 0.664. The summed E-state index contributed by atoms with van der Waals surface area (Å²) in [5.74, 6) is 3.30. The number of anilines is 1. The molecule has 0 aromatic carbocycles. The largest absolute Gasteiger partial charge is 0.392 e. The first-order valence-corrected chi connectivity index (χ1v) is 5.04. The highest BCUT2D eigenvalue weighted by Crippen LogP contribution is 2.20. The average molecular weight is 225 g/mol. The highest BCUT2D eigenvalue weighted by atomic mass is 35.5. The van der Waals surface area contributed by atoms with Crippen molar-refractivity contribution in [3.8, 4) is 12.3 Å². The van der Waals surface area contributed by atoms with Gasteiger partial charge in [0.2, 0.25) is 0 Å². The first kappa shape index (κ1) is 11.8. The van der Waals surface area contributed by atoms with Crippen molar-refractivity contribution in [2.45, 2.75) is 13.5 Å². The van der Waals surface area contributed by atoms with Crippen LogP contribution in [0.1, 0.15) is 12.5 Å². The lowest BCUT2D eigenvalue weighted by molar-refractivity contribution is 0.282. The number of nitrogens with zero attached hydrogens (tertiary/aromatic N) is 2. The quantitative estimate of drug-likeness (QED) is 0.791. The van der Waals surface area contributed by atoms with Gasteiger partial charge in [-0.1, -0.05) is 17.5 Å². The summed E-state index contributed by atoms with van der Waals surface area (Å²) in [6.07, 6.45) is 6.78. The van der Waals surface area contributed by atoms with Crippen LogP contribution in [0.15, 0.2) is 12.3 Å². The van der Waals surface area contributed by atoms with Crippen LogP contribution in [0, 0.1) is 12.3 Å². The molecule has 0 saturated heterocycles. The second-order valence-electron chi connectivity index (χ2n) is 3.01. The van der Waals surface area contributed by atoms with Crippen molar-refractivity contribution in [2.75, 3.05) is 18.0 Å². The molecule has 1 aromatic heterocycles. The van der Waals surface area contributed by atoms with Gasteiger partial charge in [-0.25, -0.2) is 4.98 Å². The third-order valence-electron chi connectivity index (χ3n) is 2.08. The molecular formula is C11H13ClN2O. The van der Waals surface area contributed by atoms with Crippen molar-refractivity contribution < 1.29 is 5.11 Å². The fourth-order valence-corrected chi connectivity index (χ4v) is 1.39. The molecule has 15 heavy (non-hydrogen) atoms. The molecule has 80 valence electrons. The summed E-state index contributed by atoms with van der Waals surface area (Å²) in [4.78, 5) is 6.09. The van der Waals surface area contributed by atoms with Crippen LogP contribution >= 0.6 is 11.6 Å². The lowest BCUT2D eigenvalue weighted by Crippen LogP contribution is -2.24. The first-order chi connectivity index (χ1) is 7.22. The predicted molar refractivity (Wildman–Crippen MR) is 61.9 cm³/mol. The molecule has 0 amide bonds. The van der Waals surface area contributed by atoms with Crippen molar-refractivity contribution in [3.05, 3.63) is 22.8 Å². The molecule has 0 radical (unpaired) electrons. The van der Waals surface area contributed by atoms with Gasteiger partial charge < -0.3 is 10.0 Å². The van der Waals surface area contributed by atoms with E-state index in [1.807, 2.05) is 11.8 Å². The van der Waals surface area contributed by atoms with Crippen molar-refractivity contribution in [1.29, 1.82) is 0 Å². The second kappa shape index (κ2) is 5.59. The zero-order chi connectivity index (χ0) is 11.3. The summed E-state index contributed by atoms with van der Waals surface area (Å²) in [5, 5.41) is 9.53. The number of halogens is 1. The minimum Gasteiger partial charge on any atom is -0.392 e. The van der Waals surface area contributed by atoms with Gasteiger partial charge in [0.05, 0.1) is 18.2 Å². The van der Waals surface area contributed by atoms with Gasteiger partial charge in [-0.2, -0.15) is 0 Å². The van der Waals surface area contributed by atoms with E-state index in [1.54, 1.807) is 6.07 Å². The topological polar surface area (TPSA) is 36.4 Å². The summed E-state index contributed by atoms with van der Waals surface area (Å²) in [6.45, 7) is 3.16. The van der Waals surface area contributed by atoms with Crippen LogP contribution in [0.25, 0.3) is 0 Å². The van der Waals surface area contributed by atoms with Gasteiger partial charge >= 0.3 is 0 Å². The number of hydrogen-bond acceptors (Lipinski definition) is 3. The number of aliphatic hydroxyl groups is 1. The Morgan fingerprint density at radius 2 is 2.40 bits per heavy atom. The van der Waals surface area contributed by atoms with Crippen molar-refractivity contribution >= 4 is 17.4 Å². The van der Waals surface area contributed by atoms with E-state index in [0.717, 1.165) is 12.4 Å². The number of hydrogen-bond donors (Lipinski definition) is 1. The van der Waals surface area contributed by atoms with Crippen LogP contribution in [0.2, 0.25) is 5.02 Å². The molecule has 0 aliphatic rings. The van der Waals surface area contributed by atoms with E-state index in [2.05, 4.69) is 10.9 Å². The molecule has 3 nitrogen and oxygen atoms in total. The number of terminal acetylenes is 1. The molecule has 0 fully saturated rings. The molecule has 0 unspecified atom stereocenters. The van der Waals surface area contributed by atoms with Gasteiger partial charge in [0.1, 0.15) is 5.82 Å². The van der Waals surface area contributed by atoms with Crippen molar-refractivity contribution in [2.24, 2.45) is 0 Å². The van der Waals surface area contributed by atoms with E-state index in [9.17, 15) is 0 Å². The number of aliphatic hydroxyl groups excluding tert-OH is 1. The molecule has 0 bridgehead atoms. The normalized spacial score (nSPS) is 9.73. The van der Waals surface area contributed by atoms with Crippen LogP contribution in [0.4, 0.5) is 5.82 Å². The van der Waals surface area contributed by atoms with Crippen LogP contribution in [-0.2, 0) is 6.61 Å². The third-order valence-corrected chi connectivity index (χ3v) is 2.42. The highest BCUT2D eigenvalue weighted by molar-refractivity contribution is 6.31. The van der Waals surface area contributed by atoms with Gasteiger partial charge in [0, 0.05) is 18.3 Å². The maximum atomic E-state index is 9.06. The molecule has 1 N–H and O–H groups in total. The Morgan fingerprint density at radius 3 is 2.93 bits per heavy atom. The predicted octanol–water partition coefficient (Wildman–Crippen LogP) is 1.69. The molecular weight excluding hydrogens is 212 g/mol. The number of pyridine rings is 1. The Kier molecular flexibility index (Phi) is 4.41. The van der Waals surface area contributed by atoms with E-state index < -0.39 is 0 Å². The minimum atomic E-state index is -0.0953. The van der Waals surface area contributed by atoms with Gasteiger partial charge in [-0.3, -0.25) is 0 Å². The zero-order valence-corrected chi connectivity index (χ0v) is 9.33. The Morgan fingerprint density at radius 1 is 1.67 bits per heavy atom. The Hall–Kier alpha value is -1.24. The molecule has 1 rings (SSSR count). The Balaban J connectivity index is 2.99. The van der Waals surface area contributed by atoms with E-state index in [0.29, 0.717) is 17.1 Å². The van der Waals surface area contributed by atoms with E-state index in [4.69, 9.17) is 23.1 Å². The van der Waals surface area contributed by atoms with Gasteiger partial charge in [0.15, 0.2) is 0 Å². The van der Waals surface area contributed by atoms with E-state index in [1.165, 1.54) is 6.20 Å². The fourth-order valence-electron chi connectivity index (χ4n) is 1.23. The maximum Gasteiger partial charge on any atom is 0.129 e. The minimum absolute atomic E-state index is 0.0953. The highest BCUT2D eigenvalue weighted by Gasteiger charge is 2.07. The smallest absolute Gasteiger partial charge is 0.129 e. The molecule has 0 aliphatic carbocycles. The fraction of sp³-hybridized carbons (Fsp3) is 0.364. The molecule has 1 aromatic rings. The lowest BCUT2D eigenvalue weighted by Gasteiger charge is -2.19. The molecule has 0 atom stereocenters. The standard InChI is InChI=1S/C11H13ClN2O/c1-3-5-14(4-2)11-6-9(8-15)10(12)7-13-11/h1,6-7,15H,4-5,8H2,2H3. The van der Waals surface area contributed by atoms with E-state index in [-0.39, 0.29) is 6.61 Å². The van der Waals surface area contributed by atoms with Crippen molar-refractivity contribution in [3.63, 3.8) is 0 Å². The summed E-state index contributed by atoms with van der Waals surface area (Å²) in [7, 11) is 0. The number of aromatic nitrogens is 1. The van der Waals surface area contributed by atoms with Crippen LogP contribution < -0.4 is 4.90 Å². The molecule has 0 saturated carbocycles. The van der Waals surface area contributed by atoms with Crippen molar-refractivity contribution in [1.82, 2.24) is 4.98 Å². The molecule has 0 spiro atoms. The first-order valence-electron chi connectivity index (χ1n) is 4.66. The van der Waals surface area contributed by atoms with Crippen LogP contribution in [0.5, 0.6) is 0 Å². The molecule has 4 heteroatoms. The number of rotatable bonds is 4. The monoisotopic (exact) mass is 224 g/mol. The van der Waals surface area contributed by atoms with Gasteiger partial charge in [-0.05, 0) is 13.0 Å². The summed E-state index contributed by atoms with van der Waals surface area (Å²) in [6, 6.07) is 1.75. The Labute approximate surface area is 94.7 Å². The van der Waals surface area contributed by atoms with Gasteiger partial charge in [0.25, 0.3) is 0 Å². The van der Waals surface area contributed by atoms with E-state index >= 15 is 0 Å². The molecule has 1 heterocycles. The Bertz CT molecular complexity index is 373. The second-order valence-corrected chi connectivity index (χ2v) is 3.42. The summed E-state index contributed by atoms with van der Waals surface area (Å²) >= 11 is 5.84. The van der Waals surface area contributed by atoms with Crippen LogP contribution in [-0.4, -0.2) is 23.2 Å². The van der Waals surface area contributed by atoms with Crippen LogP contribution in [0.3, 0.4) is 0 Å². The van der Waals surface area contributed by atoms with Gasteiger partial charge in [-0.15, -0.1) is 6.42 Å². The average Bonchev–Trinajstić information content (AvgIpc) is 2.27. The molecule has 0 aliphatic heterocycles.